The molecule has 0 saturated carbocycles. The van der Waals surface area contributed by atoms with E-state index in [0.717, 1.165) is 12.8 Å². The van der Waals surface area contributed by atoms with Crippen molar-refractivity contribution in [3.63, 3.8) is 0 Å². The molecular formula is C18H24N2O4. The van der Waals surface area contributed by atoms with E-state index in [1.165, 1.54) is 12.2 Å². The van der Waals surface area contributed by atoms with Crippen molar-refractivity contribution in [2.75, 3.05) is 21.2 Å². The summed E-state index contributed by atoms with van der Waals surface area (Å²) < 4.78 is 5.77. The van der Waals surface area contributed by atoms with Gasteiger partial charge in [-0.3, -0.25) is 14.5 Å². The minimum absolute atomic E-state index is 0.0856. The molecule has 24 heavy (non-hydrogen) atoms. The summed E-state index contributed by atoms with van der Waals surface area (Å²) in [5.41, 5.74) is 0.509. The van der Waals surface area contributed by atoms with Gasteiger partial charge in [-0.25, -0.2) is 9.86 Å². The van der Waals surface area contributed by atoms with Crippen LogP contribution in [0.2, 0.25) is 0 Å². The fourth-order valence-corrected chi connectivity index (χ4v) is 3.95. The molecule has 2 heterocycles. The number of carbonyl (C=O) groups excluding carboxylic acids is 2. The van der Waals surface area contributed by atoms with Crippen LogP contribution in [0.3, 0.4) is 0 Å². The lowest BCUT2D eigenvalue weighted by Gasteiger charge is -2.42. The van der Waals surface area contributed by atoms with Crippen LogP contribution in [0.4, 0.5) is 0 Å². The van der Waals surface area contributed by atoms with Gasteiger partial charge in [0.25, 0.3) is 5.91 Å². The highest BCUT2D eigenvalue weighted by Crippen LogP contribution is 2.40. The number of benzene rings is 1. The van der Waals surface area contributed by atoms with Crippen LogP contribution >= 0.6 is 0 Å². The van der Waals surface area contributed by atoms with E-state index in [-0.39, 0.29) is 17.9 Å². The van der Waals surface area contributed by atoms with Gasteiger partial charge in [-0.1, -0.05) is 18.2 Å². The largest absolute Gasteiger partial charge is 0.458 e. The molecular weight excluding hydrogens is 308 g/mol. The number of nitrogens with zero attached hydrogens (tertiary/aromatic N) is 2. The molecule has 2 bridgehead atoms. The van der Waals surface area contributed by atoms with Gasteiger partial charge in [-0.15, -0.1) is 0 Å². The molecule has 130 valence electrons. The van der Waals surface area contributed by atoms with Crippen molar-refractivity contribution in [1.29, 1.82) is 0 Å². The average molecular weight is 332 g/mol. The van der Waals surface area contributed by atoms with Crippen molar-refractivity contribution in [1.82, 2.24) is 9.96 Å². The second kappa shape index (κ2) is 6.91. The molecule has 0 aliphatic carbocycles. The third kappa shape index (κ3) is 3.03. The van der Waals surface area contributed by atoms with Gasteiger partial charge in [0.1, 0.15) is 6.10 Å². The molecule has 2 aliphatic rings. The summed E-state index contributed by atoms with van der Waals surface area (Å²) >= 11 is 0. The lowest BCUT2D eigenvalue weighted by molar-refractivity contribution is -0.182. The number of ether oxygens (including phenoxy) is 1. The molecule has 4 unspecified atom stereocenters. The topological polar surface area (TPSA) is 59.1 Å². The monoisotopic (exact) mass is 332 g/mol. The van der Waals surface area contributed by atoms with E-state index in [0.29, 0.717) is 18.0 Å². The molecule has 6 nitrogen and oxygen atoms in total. The zero-order chi connectivity index (χ0) is 17.3. The molecule has 0 N–H and O–H groups in total. The van der Waals surface area contributed by atoms with Gasteiger partial charge in [-0.2, -0.15) is 0 Å². The summed E-state index contributed by atoms with van der Waals surface area (Å²) in [5, 5.41) is 1.24. The first-order valence-corrected chi connectivity index (χ1v) is 8.32. The fraction of sp³-hybridized carbons (Fsp3) is 0.556. The van der Waals surface area contributed by atoms with Crippen molar-refractivity contribution in [2.24, 2.45) is 5.92 Å². The molecule has 1 aromatic rings. The van der Waals surface area contributed by atoms with E-state index >= 15 is 0 Å². The molecule has 6 heteroatoms. The van der Waals surface area contributed by atoms with Gasteiger partial charge in [0.2, 0.25) is 0 Å². The Labute approximate surface area is 142 Å². The number of esters is 1. The van der Waals surface area contributed by atoms with E-state index in [4.69, 9.17) is 9.57 Å². The van der Waals surface area contributed by atoms with Gasteiger partial charge in [0, 0.05) is 25.6 Å². The molecule has 4 atom stereocenters. The highest BCUT2D eigenvalue weighted by atomic mass is 16.7. The minimum Gasteiger partial charge on any atom is -0.458 e. The Morgan fingerprint density at radius 2 is 1.92 bits per heavy atom. The van der Waals surface area contributed by atoms with Crippen LogP contribution in [-0.4, -0.2) is 61.2 Å². The van der Waals surface area contributed by atoms with Crippen molar-refractivity contribution in [2.45, 2.75) is 37.5 Å². The normalized spacial score (nSPS) is 29.3. The van der Waals surface area contributed by atoms with Gasteiger partial charge in [0.15, 0.2) is 0 Å². The maximum Gasteiger partial charge on any atom is 0.338 e. The second-order valence-corrected chi connectivity index (χ2v) is 6.55. The predicted molar refractivity (Wildman–Crippen MR) is 88.1 cm³/mol. The Morgan fingerprint density at radius 3 is 2.58 bits per heavy atom. The Hall–Kier alpha value is -1.92. The van der Waals surface area contributed by atoms with Crippen LogP contribution in [0.5, 0.6) is 0 Å². The average Bonchev–Trinajstić information content (AvgIpc) is 2.84. The molecule has 1 amide bonds. The molecule has 2 saturated heterocycles. The number of piperidine rings is 1. The van der Waals surface area contributed by atoms with Crippen molar-refractivity contribution in [3.8, 4) is 0 Å². The van der Waals surface area contributed by atoms with E-state index < -0.39 is 12.0 Å². The van der Waals surface area contributed by atoms with E-state index in [9.17, 15) is 9.59 Å². The Kier molecular flexibility index (Phi) is 4.87. The van der Waals surface area contributed by atoms with Gasteiger partial charge in [-0.05, 0) is 32.0 Å². The van der Waals surface area contributed by atoms with Crippen LogP contribution in [0.25, 0.3) is 0 Å². The minimum atomic E-state index is -0.420. The number of rotatable bonds is 4. The number of fused-ring (bicyclic) bond motifs is 2. The number of carbonyl (C=O) groups is 2. The number of hydrogen-bond donors (Lipinski definition) is 0. The van der Waals surface area contributed by atoms with Crippen molar-refractivity contribution < 1.29 is 19.2 Å². The first-order chi connectivity index (χ1) is 11.5. The first kappa shape index (κ1) is 16.9. The van der Waals surface area contributed by atoms with Crippen molar-refractivity contribution in [3.05, 3.63) is 35.9 Å². The summed E-state index contributed by atoms with van der Waals surface area (Å²) in [6, 6.07) is 9.36. The number of hydrogen-bond acceptors (Lipinski definition) is 5. The van der Waals surface area contributed by atoms with Crippen LogP contribution in [0.1, 0.15) is 29.6 Å². The molecule has 3 rings (SSSR count). The summed E-state index contributed by atoms with van der Waals surface area (Å²) in [6.45, 7) is 0. The van der Waals surface area contributed by atoms with Gasteiger partial charge >= 0.3 is 5.97 Å². The fourth-order valence-electron chi connectivity index (χ4n) is 3.95. The maximum absolute atomic E-state index is 12.8. The molecule has 0 spiro atoms. The first-order valence-electron chi connectivity index (χ1n) is 8.32. The molecule has 0 radical (unpaired) electrons. The summed E-state index contributed by atoms with van der Waals surface area (Å²) in [4.78, 5) is 32.5. The summed E-state index contributed by atoms with van der Waals surface area (Å²) in [7, 11) is 5.11. The second-order valence-electron chi connectivity index (χ2n) is 6.55. The summed E-state index contributed by atoms with van der Waals surface area (Å²) in [5.74, 6) is -0.908. The van der Waals surface area contributed by atoms with E-state index in [2.05, 4.69) is 4.90 Å². The standard InChI is InChI=1S/C18H24N2O4/c1-19-13-9-10-14(19)16(17(21)20(2)23-3)15(11-13)24-18(22)12-7-5-4-6-8-12/h4-8,13-16H,9-11H2,1-3H3. The summed E-state index contributed by atoms with van der Waals surface area (Å²) in [6.07, 6.45) is 2.23. The zero-order valence-electron chi connectivity index (χ0n) is 14.3. The maximum atomic E-state index is 12.8. The SMILES string of the molecule is CON(C)C(=O)C1C(OC(=O)c2ccccc2)CC2CCC1N2C. The highest BCUT2D eigenvalue weighted by Gasteiger charge is 2.51. The quantitative estimate of drug-likeness (QED) is 0.621. The Bertz CT molecular complexity index is 606. The van der Waals surface area contributed by atoms with Gasteiger partial charge in [0.05, 0.1) is 18.6 Å². The molecule has 0 aromatic heterocycles. The van der Waals surface area contributed by atoms with Gasteiger partial charge < -0.3 is 4.74 Å². The predicted octanol–water partition coefficient (Wildman–Crippen LogP) is 1.71. The van der Waals surface area contributed by atoms with Crippen LogP contribution in [-0.2, 0) is 14.4 Å². The Balaban J connectivity index is 1.81. The van der Waals surface area contributed by atoms with E-state index in [1.807, 2.05) is 13.1 Å². The lowest BCUT2D eigenvalue weighted by atomic mass is 9.86. The molecule has 1 aromatic carbocycles. The number of amides is 1. The van der Waals surface area contributed by atoms with Crippen LogP contribution in [0, 0.1) is 5.92 Å². The number of hydroxylamine groups is 2. The van der Waals surface area contributed by atoms with Crippen molar-refractivity contribution >= 4 is 11.9 Å². The molecule has 2 aliphatic heterocycles. The van der Waals surface area contributed by atoms with Crippen LogP contribution < -0.4 is 0 Å². The van der Waals surface area contributed by atoms with Crippen LogP contribution in [0.15, 0.2) is 30.3 Å². The van der Waals surface area contributed by atoms with E-state index in [1.54, 1.807) is 31.3 Å². The molecule has 2 fully saturated rings. The zero-order valence-corrected chi connectivity index (χ0v) is 14.3. The third-order valence-corrected chi connectivity index (χ3v) is 5.35. The highest BCUT2D eigenvalue weighted by molar-refractivity contribution is 5.90. The Morgan fingerprint density at radius 1 is 1.21 bits per heavy atom. The smallest absolute Gasteiger partial charge is 0.338 e. The lowest BCUT2D eigenvalue weighted by Crippen LogP contribution is -2.55. The third-order valence-electron chi connectivity index (χ3n) is 5.35.